The molecule has 2 aromatic carbocycles. The molecule has 1 N–H and O–H groups in total. The second kappa shape index (κ2) is 8.97. The quantitative estimate of drug-likeness (QED) is 0.631. The predicted octanol–water partition coefficient (Wildman–Crippen LogP) is 2.93. The minimum absolute atomic E-state index is 0.00373. The fourth-order valence-corrected chi connectivity index (χ4v) is 5.42. The van der Waals surface area contributed by atoms with Gasteiger partial charge in [0.15, 0.2) is 5.78 Å². The Hall–Kier alpha value is -2.43. The van der Waals surface area contributed by atoms with E-state index >= 15 is 0 Å². The summed E-state index contributed by atoms with van der Waals surface area (Å²) in [5, 5.41) is 0. The van der Waals surface area contributed by atoms with Gasteiger partial charge in [0.25, 0.3) is 10.0 Å². The predicted molar refractivity (Wildman–Crippen MR) is 121 cm³/mol. The molecule has 10 heteroatoms. The van der Waals surface area contributed by atoms with Gasteiger partial charge in [0, 0.05) is 32.7 Å². The van der Waals surface area contributed by atoms with Gasteiger partial charge in [-0.05, 0) is 68.7 Å². The number of rotatable bonds is 7. The molecule has 168 valence electrons. The zero-order chi connectivity index (χ0) is 22.8. The van der Waals surface area contributed by atoms with Crippen LogP contribution in [0.2, 0.25) is 0 Å². The standard InChI is InChI=1S/C21H27N3O5S2/c1-16(25)17-7-12-21(24-13-5-4-6-14-24)20(15-17)22-30(26,27)18-8-10-19(11-9-18)31(28,29)23(2)3/h7-12,15,22H,4-6,13-14H2,1-3H3. The summed E-state index contributed by atoms with van der Waals surface area (Å²) in [6.45, 7) is 3.05. The second-order valence-corrected chi connectivity index (χ2v) is 11.5. The lowest BCUT2D eigenvalue weighted by Crippen LogP contribution is -2.30. The third kappa shape index (κ3) is 5.08. The van der Waals surface area contributed by atoms with Gasteiger partial charge >= 0.3 is 0 Å². The van der Waals surface area contributed by atoms with Crippen LogP contribution in [0, 0.1) is 0 Å². The maximum Gasteiger partial charge on any atom is 0.261 e. The van der Waals surface area contributed by atoms with E-state index < -0.39 is 20.0 Å². The van der Waals surface area contributed by atoms with Crippen LogP contribution in [-0.4, -0.2) is 54.1 Å². The van der Waals surface area contributed by atoms with E-state index in [9.17, 15) is 21.6 Å². The largest absolute Gasteiger partial charge is 0.370 e. The van der Waals surface area contributed by atoms with Gasteiger partial charge in [-0.3, -0.25) is 9.52 Å². The maximum absolute atomic E-state index is 13.0. The Morgan fingerprint density at radius 2 is 1.48 bits per heavy atom. The van der Waals surface area contributed by atoms with E-state index in [0.717, 1.165) is 42.3 Å². The van der Waals surface area contributed by atoms with E-state index in [4.69, 9.17) is 0 Å². The van der Waals surface area contributed by atoms with Crippen LogP contribution in [0.4, 0.5) is 11.4 Å². The minimum Gasteiger partial charge on any atom is -0.370 e. The molecule has 1 saturated heterocycles. The highest BCUT2D eigenvalue weighted by molar-refractivity contribution is 7.92. The number of nitrogens with one attached hydrogen (secondary N) is 1. The normalized spacial score (nSPS) is 15.2. The first-order valence-electron chi connectivity index (χ1n) is 9.98. The van der Waals surface area contributed by atoms with Crippen LogP contribution < -0.4 is 9.62 Å². The topological polar surface area (TPSA) is 104 Å². The lowest BCUT2D eigenvalue weighted by atomic mass is 10.1. The molecular formula is C21H27N3O5S2. The fourth-order valence-electron chi connectivity index (χ4n) is 3.45. The van der Waals surface area contributed by atoms with E-state index in [1.165, 1.54) is 45.3 Å². The highest BCUT2D eigenvalue weighted by Crippen LogP contribution is 2.32. The van der Waals surface area contributed by atoms with Crippen LogP contribution in [0.15, 0.2) is 52.3 Å². The Bertz CT molecular complexity index is 1170. The van der Waals surface area contributed by atoms with Crippen molar-refractivity contribution in [2.24, 2.45) is 0 Å². The number of ketones is 1. The van der Waals surface area contributed by atoms with Gasteiger partial charge in [0.1, 0.15) is 0 Å². The molecule has 0 aliphatic carbocycles. The zero-order valence-electron chi connectivity index (χ0n) is 17.8. The Balaban J connectivity index is 1.96. The Morgan fingerprint density at radius 1 is 0.903 bits per heavy atom. The third-order valence-corrected chi connectivity index (χ3v) is 8.47. The molecule has 0 amide bonds. The Kier molecular flexibility index (Phi) is 6.73. The van der Waals surface area contributed by atoms with Crippen molar-refractivity contribution in [1.82, 2.24) is 4.31 Å². The number of hydrogen-bond acceptors (Lipinski definition) is 6. The number of benzene rings is 2. The summed E-state index contributed by atoms with van der Waals surface area (Å²) >= 11 is 0. The molecule has 0 bridgehead atoms. The van der Waals surface area contributed by atoms with Crippen molar-refractivity contribution in [2.75, 3.05) is 36.8 Å². The smallest absolute Gasteiger partial charge is 0.261 e. The number of carbonyl (C=O) groups excluding carboxylic acids is 1. The number of piperidine rings is 1. The first-order chi connectivity index (χ1) is 14.5. The zero-order valence-corrected chi connectivity index (χ0v) is 19.5. The van der Waals surface area contributed by atoms with E-state index in [0.29, 0.717) is 11.3 Å². The Labute approximate surface area is 184 Å². The molecule has 0 unspecified atom stereocenters. The van der Waals surface area contributed by atoms with Crippen molar-refractivity contribution < 1.29 is 21.6 Å². The van der Waals surface area contributed by atoms with E-state index in [1.807, 2.05) is 0 Å². The number of carbonyl (C=O) groups is 1. The van der Waals surface area contributed by atoms with Gasteiger partial charge in [-0.15, -0.1) is 0 Å². The van der Waals surface area contributed by atoms with Crippen LogP contribution in [0.5, 0.6) is 0 Å². The van der Waals surface area contributed by atoms with Gasteiger partial charge in [-0.2, -0.15) is 0 Å². The number of hydrogen-bond donors (Lipinski definition) is 1. The summed E-state index contributed by atoms with van der Waals surface area (Å²) in [5.74, 6) is -0.163. The summed E-state index contributed by atoms with van der Waals surface area (Å²) in [6, 6.07) is 10.1. The fraction of sp³-hybridized carbons (Fsp3) is 0.381. The average Bonchev–Trinajstić information content (AvgIpc) is 2.74. The van der Waals surface area contributed by atoms with Gasteiger partial charge in [-0.1, -0.05) is 0 Å². The molecule has 1 aliphatic heterocycles. The second-order valence-electron chi connectivity index (χ2n) is 7.70. The lowest BCUT2D eigenvalue weighted by Gasteiger charge is -2.31. The van der Waals surface area contributed by atoms with Crippen molar-refractivity contribution >= 4 is 37.2 Å². The van der Waals surface area contributed by atoms with Crippen LogP contribution >= 0.6 is 0 Å². The Morgan fingerprint density at radius 3 is 2.03 bits per heavy atom. The first-order valence-corrected chi connectivity index (χ1v) is 12.9. The van der Waals surface area contributed by atoms with Gasteiger partial charge < -0.3 is 4.90 Å². The molecule has 0 aromatic heterocycles. The maximum atomic E-state index is 13.0. The number of sulfonamides is 2. The van der Waals surface area contributed by atoms with Crippen LogP contribution in [0.25, 0.3) is 0 Å². The summed E-state index contributed by atoms with van der Waals surface area (Å²) in [4.78, 5) is 13.9. The lowest BCUT2D eigenvalue weighted by molar-refractivity contribution is 0.101. The average molecular weight is 466 g/mol. The first kappa shape index (κ1) is 23.2. The van der Waals surface area contributed by atoms with Crippen LogP contribution in [-0.2, 0) is 20.0 Å². The van der Waals surface area contributed by atoms with Crippen molar-refractivity contribution in [3.05, 3.63) is 48.0 Å². The highest BCUT2D eigenvalue weighted by atomic mass is 32.2. The number of nitrogens with zero attached hydrogens (tertiary/aromatic N) is 2. The summed E-state index contributed by atoms with van der Waals surface area (Å²) in [5.41, 5.74) is 1.46. The molecule has 0 spiro atoms. The van der Waals surface area contributed by atoms with Crippen LogP contribution in [0.1, 0.15) is 36.5 Å². The van der Waals surface area contributed by atoms with Crippen molar-refractivity contribution in [1.29, 1.82) is 0 Å². The SMILES string of the molecule is CC(=O)c1ccc(N2CCCCC2)c(NS(=O)(=O)c2ccc(S(=O)(=O)N(C)C)cc2)c1. The highest BCUT2D eigenvalue weighted by Gasteiger charge is 2.23. The van der Waals surface area contributed by atoms with E-state index in [1.54, 1.807) is 18.2 Å². The van der Waals surface area contributed by atoms with Crippen LogP contribution in [0.3, 0.4) is 0 Å². The molecule has 1 aliphatic rings. The number of Topliss-reactive ketones (excluding diaryl/α,β-unsaturated/α-hetero) is 1. The molecule has 0 saturated carbocycles. The van der Waals surface area contributed by atoms with Gasteiger partial charge in [0.2, 0.25) is 10.0 Å². The number of anilines is 2. The molecular weight excluding hydrogens is 438 g/mol. The molecule has 1 fully saturated rings. The molecule has 0 radical (unpaired) electrons. The summed E-state index contributed by atoms with van der Waals surface area (Å²) in [7, 11) is -4.84. The molecule has 2 aromatic rings. The van der Waals surface area contributed by atoms with E-state index in [-0.39, 0.29) is 15.6 Å². The third-order valence-electron chi connectivity index (χ3n) is 5.26. The monoisotopic (exact) mass is 465 g/mol. The van der Waals surface area contributed by atoms with Crippen molar-refractivity contribution in [3.63, 3.8) is 0 Å². The van der Waals surface area contributed by atoms with Gasteiger partial charge in [-0.25, -0.2) is 21.1 Å². The molecule has 3 rings (SSSR count). The van der Waals surface area contributed by atoms with Crippen molar-refractivity contribution in [3.8, 4) is 0 Å². The van der Waals surface area contributed by atoms with Gasteiger partial charge in [0.05, 0.1) is 21.2 Å². The molecule has 0 atom stereocenters. The molecule has 1 heterocycles. The minimum atomic E-state index is -4.00. The van der Waals surface area contributed by atoms with E-state index in [2.05, 4.69) is 9.62 Å². The molecule has 31 heavy (non-hydrogen) atoms. The van der Waals surface area contributed by atoms with Crippen molar-refractivity contribution in [2.45, 2.75) is 36.0 Å². The summed E-state index contributed by atoms with van der Waals surface area (Å²) < 4.78 is 54.2. The molecule has 8 nitrogen and oxygen atoms in total. The summed E-state index contributed by atoms with van der Waals surface area (Å²) in [6.07, 6.45) is 3.16.